The van der Waals surface area contributed by atoms with Gasteiger partial charge in [0.25, 0.3) is 11.6 Å². The number of thiophene rings is 1. The molecule has 2 aromatic rings. The molecule has 0 bridgehead atoms. The molecule has 3 heterocycles. The van der Waals surface area contributed by atoms with Crippen LogP contribution in [0.4, 0.5) is 5.69 Å². The molecule has 0 aliphatic carbocycles. The van der Waals surface area contributed by atoms with Gasteiger partial charge in [0, 0.05) is 60.9 Å². The van der Waals surface area contributed by atoms with Crippen LogP contribution < -0.4 is 4.74 Å². The highest BCUT2D eigenvalue weighted by molar-refractivity contribution is 7.13. The van der Waals surface area contributed by atoms with Crippen molar-refractivity contribution in [3.8, 4) is 5.75 Å². The van der Waals surface area contributed by atoms with Crippen LogP contribution in [-0.2, 0) is 17.9 Å². The van der Waals surface area contributed by atoms with E-state index in [0.717, 1.165) is 15.3 Å². The van der Waals surface area contributed by atoms with E-state index < -0.39 is 4.92 Å². The monoisotopic (exact) mass is 403 g/mol. The summed E-state index contributed by atoms with van der Waals surface area (Å²) in [6.45, 7) is 5.70. The van der Waals surface area contributed by atoms with Gasteiger partial charge in [0.1, 0.15) is 5.75 Å². The number of hydrogen-bond donors (Lipinski definition) is 0. The summed E-state index contributed by atoms with van der Waals surface area (Å²) in [4.78, 5) is 29.4. The van der Waals surface area contributed by atoms with Crippen LogP contribution >= 0.6 is 11.3 Å². The highest BCUT2D eigenvalue weighted by atomic mass is 32.1. The molecule has 2 aliphatic rings. The van der Waals surface area contributed by atoms with Gasteiger partial charge in [-0.1, -0.05) is 0 Å². The van der Waals surface area contributed by atoms with Crippen molar-refractivity contribution in [1.29, 1.82) is 0 Å². The van der Waals surface area contributed by atoms with Gasteiger partial charge in [0.05, 0.1) is 16.4 Å². The van der Waals surface area contributed by atoms with Crippen molar-refractivity contribution < 1.29 is 19.2 Å². The normalized spacial score (nSPS) is 17.1. The Balaban J connectivity index is 1.44. The van der Waals surface area contributed by atoms with Gasteiger partial charge in [-0.25, -0.2) is 0 Å². The number of amides is 1. The van der Waals surface area contributed by atoms with Crippen LogP contribution in [0.3, 0.4) is 0 Å². The number of ether oxygens (including phenoxy) is 2. The van der Waals surface area contributed by atoms with E-state index in [0.29, 0.717) is 50.6 Å². The maximum atomic E-state index is 12.6. The van der Waals surface area contributed by atoms with E-state index in [1.54, 1.807) is 6.07 Å². The standard InChI is InChI=1S/C19H21N3O5S/c1-13-2-3-17(28-13)19(23)21-6-4-20(5-7-21)10-14-8-16(22(24)25)9-15-11-26-12-27-18(14)15/h2-3,8-9H,4-7,10-12H2,1H3. The largest absolute Gasteiger partial charge is 0.467 e. The summed E-state index contributed by atoms with van der Waals surface area (Å²) in [5.41, 5.74) is 1.54. The van der Waals surface area contributed by atoms with E-state index in [1.165, 1.54) is 17.4 Å². The van der Waals surface area contributed by atoms with Crippen molar-refractivity contribution >= 4 is 22.9 Å². The highest BCUT2D eigenvalue weighted by Gasteiger charge is 2.26. The second kappa shape index (κ2) is 7.86. The first-order valence-corrected chi connectivity index (χ1v) is 9.92. The number of piperazine rings is 1. The summed E-state index contributed by atoms with van der Waals surface area (Å²) in [5.74, 6) is 0.760. The number of non-ortho nitro benzene ring substituents is 1. The smallest absolute Gasteiger partial charge is 0.270 e. The number of nitrogens with zero attached hydrogens (tertiary/aromatic N) is 3. The third-order valence-electron chi connectivity index (χ3n) is 4.99. The van der Waals surface area contributed by atoms with E-state index in [-0.39, 0.29) is 18.4 Å². The molecule has 9 heteroatoms. The third-order valence-corrected chi connectivity index (χ3v) is 5.98. The average Bonchev–Trinajstić information content (AvgIpc) is 3.14. The Bertz CT molecular complexity index is 905. The molecule has 1 aromatic carbocycles. The van der Waals surface area contributed by atoms with E-state index >= 15 is 0 Å². The van der Waals surface area contributed by atoms with Crippen molar-refractivity contribution in [1.82, 2.24) is 9.80 Å². The van der Waals surface area contributed by atoms with Crippen LogP contribution in [0.15, 0.2) is 24.3 Å². The fourth-order valence-corrected chi connectivity index (χ4v) is 4.39. The van der Waals surface area contributed by atoms with Crippen molar-refractivity contribution in [2.45, 2.75) is 20.1 Å². The van der Waals surface area contributed by atoms with Crippen molar-refractivity contribution in [2.75, 3.05) is 33.0 Å². The van der Waals surface area contributed by atoms with Crippen LogP contribution in [0.5, 0.6) is 5.75 Å². The van der Waals surface area contributed by atoms with Crippen molar-refractivity contribution in [2.24, 2.45) is 0 Å². The third kappa shape index (κ3) is 3.87. The number of carbonyl (C=O) groups is 1. The molecule has 2 aliphatic heterocycles. The lowest BCUT2D eigenvalue weighted by molar-refractivity contribution is -0.385. The van der Waals surface area contributed by atoms with Gasteiger partial charge in [-0.3, -0.25) is 19.8 Å². The number of carbonyl (C=O) groups excluding carboxylic acids is 1. The molecule has 0 atom stereocenters. The molecule has 1 amide bonds. The minimum absolute atomic E-state index is 0.0460. The first-order chi connectivity index (χ1) is 13.5. The van der Waals surface area contributed by atoms with E-state index in [2.05, 4.69) is 4.90 Å². The van der Waals surface area contributed by atoms with E-state index in [4.69, 9.17) is 9.47 Å². The number of nitro benzene ring substituents is 1. The van der Waals surface area contributed by atoms with Gasteiger partial charge >= 0.3 is 0 Å². The molecule has 0 radical (unpaired) electrons. The second-order valence-electron chi connectivity index (χ2n) is 6.94. The number of fused-ring (bicyclic) bond motifs is 1. The zero-order valence-electron chi connectivity index (χ0n) is 15.6. The molecular weight excluding hydrogens is 382 g/mol. The van der Waals surface area contributed by atoms with Gasteiger partial charge in [0.15, 0.2) is 6.79 Å². The molecule has 0 spiro atoms. The number of benzene rings is 1. The average molecular weight is 403 g/mol. The summed E-state index contributed by atoms with van der Waals surface area (Å²) in [5, 5.41) is 11.3. The summed E-state index contributed by atoms with van der Waals surface area (Å²) in [6.07, 6.45) is 0. The van der Waals surface area contributed by atoms with Crippen molar-refractivity contribution in [3.05, 3.63) is 55.3 Å². The lowest BCUT2D eigenvalue weighted by Gasteiger charge is -2.35. The first-order valence-electron chi connectivity index (χ1n) is 9.10. The number of hydrogen-bond acceptors (Lipinski definition) is 7. The molecule has 0 N–H and O–H groups in total. The van der Waals surface area contributed by atoms with Crippen LogP contribution in [0.25, 0.3) is 0 Å². The molecule has 1 saturated heterocycles. The summed E-state index contributed by atoms with van der Waals surface area (Å²) < 4.78 is 10.9. The molecule has 8 nitrogen and oxygen atoms in total. The lowest BCUT2D eigenvalue weighted by atomic mass is 10.1. The molecule has 28 heavy (non-hydrogen) atoms. The summed E-state index contributed by atoms with van der Waals surface area (Å²) >= 11 is 1.52. The second-order valence-corrected chi connectivity index (χ2v) is 8.23. The molecule has 1 aromatic heterocycles. The lowest BCUT2D eigenvalue weighted by Crippen LogP contribution is -2.48. The zero-order chi connectivity index (χ0) is 19.7. The van der Waals surface area contributed by atoms with Crippen LogP contribution in [0.2, 0.25) is 0 Å². The maximum absolute atomic E-state index is 12.6. The van der Waals surface area contributed by atoms with Crippen LogP contribution in [-0.4, -0.2) is 53.6 Å². The maximum Gasteiger partial charge on any atom is 0.270 e. The Morgan fingerprint density at radius 1 is 1.25 bits per heavy atom. The number of rotatable bonds is 4. The molecule has 4 rings (SSSR count). The van der Waals surface area contributed by atoms with Gasteiger partial charge in [0.2, 0.25) is 0 Å². The summed E-state index contributed by atoms with van der Waals surface area (Å²) in [7, 11) is 0. The van der Waals surface area contributed by atoms with Crippen LogP contribution in [0, 0.1) is 17.0 Å². The fourth-order valence-electron chi connectivity index (χ4n) is 3.56. The summed E-state index contributed by atoms with van der Waals surface area (Å²) in [6, 6.07) is 6.93. The predicted molar refractivity (Wildman–Crippen MR) is 104 cm³/mol. The van der Waals surface area contributed by atoms with Crippen LogP contribution in [0.1, 0.15) is 25.7 Å². The number of aryl methyl sites for hydroxylation is 1. The molecule has 1 fully saturated rings. The first kappa shape index (κ1) is 18.9. The number of nitro groups is 1. The SMILES string of the molecule is Cc1ccc(C(=O)N2CCN(Cc3cc([N+](=O)[O-])cc4c3OCOC4)CC2)s1. The zero-order valence-corrected chi connectivity index (χ0v) is 16.4. The molecule has 0 unspecified atom stereocenters. The minimum Gasteiger partial charge on any atom is -0.467 e. The Morgan fingerprint density at radius 2 is 2.04 bits per heavy atom. The fraction of sp³-hybridized carbons (Fsp3) is 0.421. The van der Waals surface area contributed by atoms with Gasteiger partial charge in [-0.2, -0.15) is 0 Å². The topological polar surface area (TPSA) is 85.2 Å². The Kier molecular flexibility index (Phi) is 5.29. The minimum atomic E-state index is -0.391. The van der Waals surface area contributed by atoms with Gasteiger partial charge < -0.3 is 14.4 Å². The molecule has 0 saturated carbocycles. The Labute approximate surface area is 166 Å². The predicted octanol–water partition coefficient (Wildman–Crippen LogP) is 2.79. The van der Waals surface area contributed by atoms with E-state index in [1.807, 2.05) is 24.0 Å². The van der Waals surface area contributed by atoms with Crippen molar-refractivity contribution in [3.63, 3.8) is 0 Å². The Hall–Kier alpha value is -2.49. The Morgan fingerprint density at radius 3 is 2.71 bits per heavy atom. The van der Waals surface area contributed by atoms with E-state index in [9.17, 15) is 14.9 Å². The highest BCUT2D eigenvalue weighted by Crippen LogP contribution is 2.33. The van der Waals surface area contributed by atoms with Gasteiger partial charge in [-0.05, 0) is 19.1 Å². The molecular formula is C19H21N3O5S. The van der Waals surface area contributed by atoms with Gasteiger partial charge in [-0.15, -0.1) is 11.3 Å². The molecule has 148 valence electrons. The quantitative estimate of drug-likeness (QED) is 0.576.